The van der Waals surface area contributed by atoms with E-state index in [-0.39, 0.29) is 30.1 Å². The molecule has 1 N–H and O–H groups in total. The van der Waals surface area contributed by atoms with Crippen LogP contribution in [0.4, 0.5) is 10.6 Å². The van der Waals surface area contributed by atoms with Gasteiger partial charge in [-0.1, -0.05) is 0 Å². The van der Waals surface area contributed by atoms with Gasteiger partial charge in [0.2, 0.25) is 5.91 Å². The fourth-order valence-electron chi connectivity index (χ4n) is 8.15. The average Bonchev–Trinajstić information content (AvgIpc) is 3.86. The highest BCUT2D eigenvalue weighted by Gasteiger charge is 2.35. The Bertz CT molecular complexity index is 1620. The van der Waals surface area contributed by atoms with E-state index in [0.29, 0.717) is 55.8 Å². The number of pyridine rings is 2. The first-order valence-corrected chi connectivity index (χ1v) is 18.7. The number of carbonyl (C=O) groups excluding carboxylic acids is 2. The zero-order valence-corrected chi connectivity index (χ0v) is 29.8. The van der Waals surface area contributed by atoms with Crippen LogP contribution in [-0.2, 0) is 9.53 Å². The van der Waals surface area contributed by atoms with Crippen LogP contribution < -0.4 is 15.0 Å². The first-order chi connectivity index (χ1) is 24.3. The number of piperidine rings is 1. The number of ether oxygens (including phenoxy) is 2. The summed E-state index contributed by atoms with van der Waals surface area (Å²) in [4.78, 5) is 45.7. The maximum atomic E-state index is 14.4. The molecule has 7 rings (SSSR count). The van der Waals surface area contributed by atoms with Gasteiger partial charge < -0.3 is 24.1 Å². The molecule has 0 radical (unpaired) electrons. The smallest absolute Gasteiger partial charge is 0.407 e. The van der Waals surface area contributed by atoms with Crippen LogP contribution >= 0.6 is 0 Å². The van der Waals surface area contributed by atoms with Crippen LogP contribution in [0.25, 0.3) is 11.3 Å². The second kappa shape index (κ2) is 15.5. The minimum Gasteiger partial charge on any atom is -0.495 e. The van der Waals surface area contributed by atoms with Gasteiger partial charge in [0.1, 0.15) is 29.6 Å². The fraction of sp³-hybridized carbons (Fsp3) is 0.615. The third-order valence-electron chi connectivity index (χ3n) is 11.3. The zero-order chi connectivity index (χ0) is 34.6. The normalized spacial score (nSPS) is 25.9. The molecule has 1 saturated heterocycles. The van der Waals surface area contributed by atoms with Crippen molar-refractivity contribution in [2.24, 2.45) is 11.8 Å². The van der Waals surface area contributed by atoms with Gasteiger partial charge in [-0.2, -0.15) is 0 Å². The Kier molecular flexibility index (Phi) is 10.7. The molecular weight excluding hydrogens is 632 g/mol. The Morgan fingerprint density at radius 2 is 1.76 bits per heavy atom. The molecule has 11 heteroatoms. The van der Waals surface area contributed by atoms with Crippen molar-refractivity contribution in [3.63, 3.8) is 0 Å². The van der Waals surface area contributed by atoms with E-state index in [9.17, 15) is 9.59 Å². The molecule has 3 aromatic rings. The number of amides is 2. The number of hydrogen-bond donors (Lipinski definition) is 1. The van der Waals surface area contributed by atoms with Gasteiger partial charge >= 0.3 is 6.09 Å². The summed E-state index contributed by atoms with van der Waals surface area (Å²) in [6.45, 7) is 4.53. The number of nitrogens with zero attached hydrogens (tertiary/aromatic N) is 5. The summed E-state index contributed by atoms with van der Waals surface area (Å²) in [5, 5.41) is 3.06. The lowest BCUT2D eigenvalue weighted by Crippen LogP contribution is -2.47. The van der Waals surface area contributed by atoms with Gasteiger partial charge in [0.15, 0.2) is 5.89 Å². The van der Waals surface area contributed by atoms with Crippen molar-refractivity contribution in [2.75, 3.05) is 38.7 Å². The van der Waals surface area contributed by atoms with E-state index in [1.54, 1.807) is 19.6 Å². The second-order valence-corrected chi connectivity index (χ2v) is 15.1. The number of anilines is 1. The first-order valence-electron chi connectivity index (χ1n) is 18.7. The minimum atomic E-state index is -0.337. The number of alkyl carbamates (subject to hydrolysis) is 1. The summed E-state index contributed by atoms with van der Waals surface area (Å²) in [5.74, 6) is 3.42. The summed E-state index contributed by atoms with van der Waals surface area (Å²) in [6.07, 6.45) is 14.1. The monoisotopic (exact) mass is 684 g/mol. The van der Waals surface area contributed by atoms with Crippen LogP contribution in [0.15, 0.2) is 41.1 Å². The van der Waals surface area contributed by atoms with Crippen molar-refractivity contribution in [3.8, 4) is 17.0 Å². The van der Waals surface area contributed by atoms with Gasteiger partial charge in [-0.3, -0.25) is 14.7 Å². The largest absolute Gasteiger partial charge is 0.495 e. The Morgan fingerprint density at radius 1 is 0.980 bits per heavy atom. The third kappa shape index (κ3) is 8.30. The molecular formula is C39H52N6O5. The quantitative estimate of drug-likeness (QED) is 0.240. The maximum absolute atomic E-state index is 14.4. The lowest BCUT2D eigenvalue weighted by molar-refractivity contribution is -0.124. The van der Waals surface area contributed by atoms with Crippen molar-refractivity contribution in [1.82, 2.24) is 25.2 Å². The molecule has 1 atom stereocenters. The van der Waals surface area contributed by atoms with Crippen LogP contribution in [-0.4, -0.2) is 77.8 Å². The van der Waals surface area contributed by atoms with Crippen LogP contribution in [0.5, 0.6) is 5.75 Å². The number of aromatic nitrogens is 3. The third-order valence-corrected chi connectivity index (χ3v) is 11.3. The van der Waals surface area contributed by atoms with Gasteiger partial charge in [0.25, 0.3) is 0 Å². The number of rotatable bonds is 10. The van der Waals surface area contributed by atoms with Crippen molar-refractivity contribution in [3.05, 3.63) is 54.0 Å². The number of carbonyl (C=O) groups is 2. The molecule has 2 amide bonds. The molecule has 1 aliphatic heterocycles. The predicted molar refractivity (Wildman–Crippen MR) is 190 cm³/mol. The van der Waals surface area contributed by atoms with Gasteiger partial charge in [0, 0.05) is 54.3 Å². The molecule has 11 nitrogen and oxygen atoms in total. The molecule has 50 heavy (non-hydrogen) atoms. The molecule has 0 aromatic carbocycles. The first kappa shape index (κ1) is 34.5. The summed E-state index contributed by atoms with van der Waals surface area (Å²) in [5.41, 5.74) is 3.73. The van der Waals surface area contributed by atoms with Crippen molar-refractivity contribution in [2.45, 2.75) is 108 Å². The van der Waals surface area contributed by atoms with Gasteiger partial charge in [-0.15, -0.1) is 0 Å². The SMILES string of the molecule is COc1ccc([C@H]2CC[C@H](CN(c3cc(-c4coc(C5CC5)n4)ccn3)C(=O)[C@H]3CC[C@H](OC(=O)N[C@@H]4CCCN(C)C4)CC3)CC2)nc1C. The molecule has 0 bridgehead atoms. The van der Waals surface area contributed by atoms with E-state index in [0.717, 1.165) is 98.7 Å². The van der Waals surface area contributed by atoms with Crippen molar-refractivity contribution < 1.29 is 23.5 Å². The minimum absolute atomic E-state index is 0.108. The maximum Gasteiger partial charge on any atom is 0.407 e. The van der Waals surface area contributed by atoms with E-state index in [1.807, 2.05) is 30.0 Å². The second-order valence-electron chi connectivity index (χ2n) is 15.1. The number of aryl methyl sites for hydroxylation is 1. The van der Waals surface area contributed by atoms with E-state index < -0.39 is 0 Å². The van der Waals surface area contributed by atoms with E-state index >= 15 is 0 Å². The lowest BCUT2D eigenvalue weighted by Gasteiger charge is -2.35. The fourth-order valence-corrected chi connectivity index (χ4v) is 8.15. The van der Waals surface area contributed by atoms with Crippen LogP contribution in [0.3, 0.4) is 0 Å². The van der Waals surface area contributed by atoms with Gasteiger partial charge in [-0.25, -0.2) is 14.8 Å². The highest BCUT2D eigenvalue weighted by molar-refractivity contribution is 5.94. The van der Waals surface area contributed by atoms with Crippen LogP contribution in [0.1, 0.15) is 106 Å². The summed E-state index contributed by atoms with van der Waals surface area (Å²) >= 11 is 0. The highest BCUT2D eigenvalue weighted by Crippen LogP contribution is 2.41. The molecule has 3 aromatic heterocycles. The summed E-state index contributed by atoms with van der Waals surface area (Å²) in [7, 11) is 3.76. The summed E-state index contributed by atoms with van der Waals surface area (Å²) < 4.78 is 17.1. The Balaban J connectivity index is 1.01. The number of nitrogens with one attached hydrogen (secondary N) is 1. The number of hydrogen-bond acceptors (Lipinski definition) is 9. The lowest BCUT2D eigenvalue weighted by atomic mass is 9.79. The van der Waals surface area contributed by atoms with E-state index in [4.69, 9.17) is 28.8 Å². The molecule has 4 aliphatic rings. The Hall–Kier alpha value is -3.99. The Morgan fingerprint density at radius 3 is 2.48 bits per heavy atom. The standard InChI is InChI=1S/C39H52N6O5/c1-25-35(48-3)17-16-33(41-25)27-8-6-26(7-9-27)22-45(36-21-30(18-19-40-36)34-24-49-37(43-34)28-10-11-28)38(46)29-12-14-32(15-13-29)50-39(47)42-31-5-4-20-44(2)23-31/h16-19,21,24,26-29,31-32H,4-15,20,22-23H2,1-3H3,(H,42,47)/t26-,27-,29-,31-,32-/m1/s1. The zero-order valence-electron chi connectivity index (χ0n) is 29.8. The van der Waals surface area contributed by atoms with Crippen molar-refractivity contribution >= 4 is 17.8 Å². The topological polar surface area (TPSA) is 123 Å². The van der Waals surface area contributed by atoms with Crippen LogP contribution in [0, 0.1) is 18.8 Å². The summed E-state index contributed by atoms with van der Waals surface area (Å²) in [6, 6.07) is 8.17. The number of oxazole rings is 1. The molecule has 3 saturated carbocycles. The van der Waals surface area contributed by atoms with Gasteiger partial charge in [-0.05, 0) is 128 Å². The number of likely N-dealkylation sites (tertiary alicyclic amines) is 1. The Labute approximate surface area is 295 Å². The number of likely N-dealkylation sites (N-methyl/N-ethyl adjacent to an activating group) is 1. The molecule has 268 valence electrons. The van der Waals surface area contributed by atoms with E-state index in [2.05, 4.69) is 23.3 Å². The molecule has 4 fully saturated rings. The van der Waals surface area contributed by atoms with Crippen molar-refractivity contribution in [1.29, 1.82) is 0 Å². The van der Waals surface area contributed by atoms with Gasteiger partial charge in [0.05, 0.1) is 12.8 Å². The highest BCUT2D eigenvalue weighted by atomic mass is 16.6. The molecule has 0 spiro atoms. The molecule has 0 unspecified atom stereocenters. The molecule has 4 heterocycles. The van der Waals surface area contributed by atoms with E-state index in [1.165, 1.54) is 0 Å². The average molecular weight is 685 g/mol. The molecule has 3 aliphatic carbocycles. The number of methoxy groups -OCH3 is 1. The predicted octanol–water partition coefficient (Wildman–Crippen LogP) is 7.01. The van der Waals surface area contributed by atoms with Crippen LogP contribution in [0.2, 0.25) is 0 Å².